The summed E-state index contributed by atoms with van der Waals surface area (Å²) in [5, 5.41) is 14.0. The molecule has 134 valence electrons. The lowest BCUT2D eigenvalue weighted by atomic mass is 10.1. The molecule has 3 heterocycles. The summed E-state index contributed by atoms with van der Waals surface area (Å²) in [6, 6.07) is 8.02. The number of rotatable bonds is 5. The van der Waals surface area contributed by atoms with Gasteiger partial charge in [0.25, 0.3) is 0 Å². The average Bonchev–Trinajstić information content (AvgIpc) is 3.33. The number of hydrogen-bond acceptors (Lipinski definition) is 5. The fourth-order valence-electron chi connectivity index (χ4n) is 3.28. The Hall–Kier alpha value is -2.93. The zero-order chi connectivity index (χ0) is 18.3. The molecule has 0 radical (unpaired) electrons. The van der Waals surface area contributed by atoms with Crippen LogP contribution in [0.1, 0.15) is 22.9 Å². The van der Waals surface area contributed by atoms with Crippen molar-refractivity contribution >= 4 is 11.0 Å². The number of benzene rings is 1. The topological polar surface area (TPSA) is 70.9 Å². The molecular formula is C19H21N5O2. The molecule has 26 heavy (non-hydrogen) atoms. The fraction of sp³-hybridized carbons (Fsp3) is 0.316. The van der Waals surface area contributed by atoms with Crippen molar-refractivity contribution < 1.29 is 9.15 Å². The van der Waals surface area contributed by atoms with Crippen molar-refractivity contribution in [1.29, 1.82) is 0 Å². The number of nitrogens with zero attached hydrogens (tertiary/aromatic N) is 5. The molecule has 4 aromatic rings. The number of aromatic nitrogens is 5. The minimum atomic E-state index is -0.110. The summed E-state index contributed by atoms with van der Waals surface area (Å²) in [7, 11) is 3.58. The third kappa shape index (κ3) is 2.70. The standard InChI is InChI=1S/C19H21N5O2/c1-12-5-6-18-14(9-12)13(2)19(26-18)15-10-24(22-21-15)17(11-25-4)16-7-8-20-23(16)3/h5-10,17H,11H2,1-4H3. The molecule has 1 atom stereocenters. The molecule has 0 N–H and O–H groups in total. The van der Waals surface area contributed by atoms with Crippen LogP contribution in [0.2, 0.25) is 0 Å². The van der Waals surface area contributed by atoms with Crippen LogP contribution in [0.4, 0.5) is 0 Å². The van der Waals surface area contributed by atoms with E-state index in [4.69, 9.17) is 9.15 Å². The van der Waals surface area contributed by atoms with Crippen LogP contribution >= 0.6 is 0 Å². The highest BCUT2D eigenvalue weighted by molar-refractivity contribution is 5.87. The van der Waals surface area contributed by atoms with Crippen molar-refractivity contribution in [2.75, 3.05) is 13.7 Å². The molecule has 0 amide bonds. The van der Waals surface area contributed by atoms with Crippen LogP contribution in [0.15, 0.2) is 41.1 Å². The lowest BCUT2D eigenvalue weighted by Crippen LogP contribution is -2.19. The number of hydrogen-bond donors (Lipinski definition) is 0. The maximum Gasteiger partial charge on any atom is 0.160 e. The van der Waals surface area contributed by atoms with Crippen LogP contribution < -0.4 is 0 Å². The highest BCUT2D eigenvalue weighted by Gasteiger charge is 2.21. The van der Waals surface area contributed by atoms with Gasteiger partial charge in [-0.2, -0.15) is 5.10 Å². The van der Waals surface area contributed by atoms with Crippen molar-refractivity contribution in [3.63, 3.8) is 0 Å². The monoisotopic (exact) mass is 351 g/mol. The summed E-state index contributed by atoms with van der Waals surface area (Å²) in [5.74, 6) is 0.748. The largest absolute Gasteiger partial charge is 0.454 e. The van der Waals surface area contributed by atoms with Gasteiger partial charge >= 0.3 is 0 Å². The van der Waals surface area contributed by atoms with E-state index in [9.17, 15) is 0 Å². The third-order valence-electron chi connectivity index (χ3n) is 4.68. The number of aryl methyl sites for hydroxylation is 3. The van der Waals surface area contributed by atoms with Crippen molar-refractivity contribution in [3.8, 4) is 11.5 Å². The van der Waals surface area contributed by atoms with Crippen LogP contribution in [-0.2, 0) is 11.8 Å². The summed E-state index contributed by atoms with van der Waals surface area (Å²) >= 11 is 0. The van der Waals surface area contributed by atoms with Gasteiger partial charge in [-0.3, -0.25) is 4.68 Å². The van der Waals surface area contributed by atoms with Crippen LogP contribution in [-0.4, -0.2) is 38.5 Å². The van der Waals surface area contributed by atoms with Crippen molar-refractivity contribution in [3.05, 3.63) is 53.5 Å². The predicted molar refractivity (Wildman–Crippen MR) is 97.9 cm³/mol. The Morgan fingerprint density at radius 1 is 1.23 bits per heavy atom. The van der Waals surface area contributed by atoms with Crippen LogP contribution in [0.3, 0.4) is 0 Å². The molecule has 1 unspecified atom stereocenters. The van der Waals surface area contributed by atoms with Gasteiger partial charge in [0.2, 0.25) is 0 Å². The molecule has 3 aromatic heterocycles. The highest BCUT2D eigenvalue weighted by Crippen LogP contribution is 2.32. The lowest BCUT2D eigenvalue weighted by Gasteiger charge is -2.16. The number of furan rings is 1. The summed E-state index contributed by atoms with van der Waals surface area (Å²) < 4.78 is 15.0. The Kier molecular flexibility index (Phi) is 4.08. The molecule has 7 heteroatoms. The van der Waals surface area contributed by atoms with Crippen molar-refractivity contribution in [1.82, 2.24) is 24.8 Å². The van der Waals surface area contributed by atoms with Gasteiger partial charge in [-0.1, -0.05) is 16.8 Å². The lowest BCUT2D eigenvalue weighted by molar-refractivity contribution is 0.160. The van der Waals surface area contributed by atoms with E-state index in [-0.39, 0.29) is 6.04 Å². The molecule has 1 aromatic carbocycles. The second kappa shape index (κ2) is 6.42. The van der Waals surface area contributed by atoms with Gasteiger partial charge in [0.15, 0.2) is 5.76 Å². The molecule has 4 rings (SSSR count). The van der Waals surface area contributed by atoms with E-state index in [2.05, 4.69) is 28.4 Å². The molecule has 0 spiro atoms. The minimum absolute atomic E-state index is 0.110. The van der Waals surface area contributed by atoms with Crippen LogP contribution in [0.5, 0.6) is 0 Å². The first-order chi connectivity index (χ1) is 12.6. The Morgan fingerprint density at radius 2 is 2.08 bits per heavy atom. The normalized spacial score (nSPS) is 12.8. The van der Waals surface area contributed by atoms with Crippen LogP contribution in [0.25, 0.3) is 22.4 Å². The van der Waals surface area contributed by atoms with E-state index in [0.717, 1.165) is 28.0 Å². The quantitative estimate of drug-likeness (QED) is 0.552. The van der Waals surface area contributed by atoms with E-state index < -0.39 is 0 Å². The Labute approximate surface area is 151 Å². The third-order valence-corrected chi connectivity index (χ3v) is 4.68. The van der Waals surface area contributed by atoms with Crippen molar-refractivity contribution in [2.24, 2.45) is 7.05 Å². The Morgan fingerprint density at radius 3 is 2.81 bits per heavy atom. The fourth-order valence-corrected chi connectivity index (χ4v) is 3.28. The average molecular weight is 351 g/mol. The maximum atomic E-state index is 6.04. The summed E-state index contributed by atoms with van der Waals surface area (Å²) in [4.78, 5) is 0. The SMILES string of the molecule is COCC(c1ccnn1C)n1cc(-c2oc3ccc(C)cc3c2C)nn1. The molecule has 0 aliphatic carbocycles. The molecule has 0 saturated carbocycles. The Bertz CT molecular complexity index is 1060. The Balaban J connectivity index is 1.76. The van der Waals surface area contributed by atoms with Gasteiger partial charge in [0.1, 0.15) is 17.3 Å². The van der Waals surface area contributed by atoms with Crippen molar-refractivity contribution in [2.45, 2.75) is 19.9 Å². The van der Waals surface area contributed by atoms with E-state index >= 15 is 0 Å². The molecule has 0 fully saturated rings. The molecule has 7 nitrogen and oxygen atoms in total. The first-order valence-electron chi connectivity index (χ1n) is 8.47. The second-order valence-corrected chi connectivity index (χ2v) is 6.49. The van der Waals surface area contributed by atoms with Gasteiger partial charge in [-0.05, 0) is 32.0 Å². The van der Waals surface area contributed by atoms with Crippen LogP contribution in [0, 0.1) is 13.8 Å². The highest BCUT2D eigenvalue weighted by atomic mass is 16.5. The summed E-state index contributed by atoms with van der Waals surface area (Å²) in [6.07, 6.45) is 3.66. The number of methoxy groups -OCH3 is 1. The molecule has 0 bridgehead atoms. The maximum absolute atomic E-state index is 6.04. The molecular weight excluding hydrogens is 330 g/mol. The number of ether oxygens (including phenoxy) is 1. The smallest absolute Gasteiger partial charge is 0.160 e. The van der Waals surface area contributed by atoms with Gasteiger partial charge in [0.05, 0.1) is 18.5 Å². The van der Waals surface area contributed by atoms with Gasteiger partial charge in [-0.25, -0.2) is 4.68 Å². The van der Waals surface area contributed by atoms with E-state index in [1.807, 2.05) is 43.0 Å². The van der Waals surface area contributed by atoms with Gasteiger partial charge in [-0.15, -0.1) is 5.10 Å². The summed E-state index contributed by atoms with van der Waals surface area (Å²) in [5.41, 5.74) is 4.84. The zero-order valence-electron chi connectivity index (χ0n) is 15.3. The van der Waals surface area contributed by atoms with E-state index in [1.54, 1.807) is 18.0 Å². The zero-order valence-corrected chi connectivity index (χ0v) is 15.3. The number of fused-ring (bicyclic) bond motifs is 1. The molecule has 0 aliphatic rings. The van der Waals surface area contributed by atoms with E-state index in [0.29, 0.717) is 12.3 Å². The van der Waals surface area contributed by atoms with Gasteiger partial charge in [0, 0.05) is 31.3 Å². The first-order valence-corrected chi connectivity index (χ1v) is 8.47. The van der Waals surface area contributed by atoms with Gasteiger partial charge < -0.3 is 9.15 Å². The first kappa shape index (κ1) is 16.5. The minimum Gasteiger partial charge on any atom is -0.454 e. The summed E-state index contributed by atoms with van der Waals surface area (Å²) in [6.45, 7) is 4.60. The second-order valence-electron chi connectivity index (χ2n) is 6.49. The predicted octanol–water partition coefficient (Wildman–Crippen LogP) is 3.28. The van der Waals surface area contributed by atoms with E-state index in [1.165, 1.54) is 5.56 Å². The molecule has 0 aliphatic heterocycles. The molecule has 0 saturated heterocycles.